The van der Waals surface area contributed by atoms with Crippen LogP contribution in [-0.4, -0.2) is 37.4 Å². The van der Waals surface area contributed by atoms with Crippen LogP contribution in [0.15, 0.2) is 18.2 Å². The number of methoxy groups -OCH3 is 1. The van der Waals surface area contributed by atoms with Gasteiger partial charge in [0.15, 0.2) is 17.3 Å². The number of hydrogen-bond donors (Lipinski definition) is 0. The summed E-state index contributed by atoms with van der Waals surface area (Å²) in [4.78, 5) is 14.4. The molecule has 1 fully saturated rings. The molecule has 0 unspecified atom stereocenters. The number of nitrogens with zero attached hydrogens (tertiary/aromatic N) is 1. The molecule has 0 atom stereocenters. The molecule has 3 nitrogen and oxygen atoms in total. The fourth-order valence-corrected chi connectivity index (χ4v) is 2.99. The summed E-state index contributed by atoms with van der Waals surface area (Å²) in [6.45, 7) is 0.344. The van der Waals surface area contributed by atoms with E-state index in [1.807, 2.05) is 7.05 Å². The predicted molar refractivity (Wildman–Crippen MR) is 81.4 cm³/mol. The molecule has 0 saturated heterocycles. The Morgan fingerprint density at radius 2 is 1.95 bits per heavy atom. The zero-order chi connectivity index (χ0) is 15.2. The third kappa shape index (κ3) is 4.27. The minimum Gasteiger partial charge on any atom is -0.494 e. The molecule has 1 saturated carbocycles. The van der Waals surface area contributed by atoms with Crippen molar-refractivity contribution in [1.82, 2.24) is 4.90 Å². The van der Waals surface area contributed by atoms with E-state index in [2.05, 4.69) is 4.90 Å². The van der Waals surface area contributed by atoms with Crippen molar-refractivity contribution >= 4 is 5.78 Å². The van der Waals surface area contributed by atoms with Crippen LogP contribution >= 0.6 is 0 Å². The van der Waals surface area contributed by atoms with Crippen molar-refractivity contribution in [2.45, 2.75) is 44.6 Å². The van der Waals surface area contributed by atoms with Crippen LogP contribution < -0.4 is 4.74 Å². The maximum Gasteiger partial charge on any atom is 0.176 e. The Bertz CT molecular complexity index is 482. The van der Waals surface area contributed by atoms with Gasteiger partial charge in [0.25, 0.3) is 0 Å². The van der Waals surface area contributed by atoms with Gasteiger partial charge >= 0.3 is 0 Å². The van der Waals surface area contributed by atoms with E-state index >= 15 is 0 Å². The first-order valence-corrected chi connectivity index (χ1v) is 7.69. The molecule has 1 aromatic rings. The smallest absolute Gasteiger partial charge is 0.176 e. The van der Waals surface area contributed by atoms with Gasteiger partial charge < -0.3 is 4.74 Å². The monoisotopic (exact) mass is 293 g/mol. The molecule has 21 heavy (non-hydrogen) atoms. The lowest BCUT2D eigenvalue weighted by molar-refractivity contribution is 0.0911. The van der Waals surface area contributed by atoms with Crippen molar-refractivity contribution in [3.05, 3.63) is 29.6 Å². The van der Waals surface area contributed by atoms with Gasteiger partial charge in [0.1, 0.15) is 0 Å². The molecular formula is C17H24FNO2. The van der Waals surface area contributed by atoms with E-state index < -0.39 is 5.82 Å². The molecule has 0 spiro atoms. The zero-order valence-electron chi connectivity index (χ0n) is 12.9. The Balaban J connectivity index is 1.98. The highest BCUT2D eigenvalue weighted by Crippen LogP contribution is 2.22. The van der Waals surface area contributed by atoms with Gasteiger partial charge in [0.05, 0.1) is 13.7 Å². The summed E-state index contributed by atoms with van der Waals surface area (Å²) in [6, 6.07) is 4.88. The second-order valence-electron chi connectivity index (χ2n) is 5.83. The maximum atomic E-state index is 13.7. The summed E-state index contributed by atoms with van der Waals surface area (Å²) in [5.41, 5.74) is 0.411. The quantitative estimate of drug-likeness (QED) is 0.613. The molecule has 1 aromatic carbocycles. The SMILES string of the molecule is COc1ccc(C(=O)CN(C)C2CCCCCC2)cc1F. The van der Waals surface area contributed by atoms with Crippen molar-refractivity contribution < 1.29 is 13.9 Å². The Morgan fingerprint density at radius 1 is 1.29 bits per heavy atom. The highest BCUT2D eigenvalue weighted by Gasteiger charge is 2.20. The van der Waals surface area contributed by atoms with Crippen LogP contribution in [0.2, 0.25) is 0 Å². The summed E-state index contributed by atoms with van der Waals surface area (Å²) >= 11 is 0. The predicted octanol–water partition coefficient (Wildman–Crippen LogP) is 3.67. The lowest BCUT2D eigenvalue weighted by Crippen LogP contribution is -2.35. The maximum absolute atomic E-state index is 13.7. The van der Waals surface area contributed by atoms with Crippen LogP contribution in [0.3, 0.4) is 0 Å². The minimum absolute atomic E-state index is 0.0386. The molecule has 4 heteroatoms. The van der Waals surface area contributed by atoms with Gasteiger partial charge in [-0.25, -0.2) is 4.39 Å². The van der Waals surface area contributed by atoms with Gasteiger partial charge in [-0.15, -0.1) is 0 Å². The number of hydrogen-bond acceptors (Lipinski definition) is 3. The average molecular weight is 293 g/mol. The van der Waals surface area contributed by atoms with Crippen molar-refractivity contribution in [3.8, 4) is 5.75 Å². The van der Waals surface area contributed by atoms with Gasteiger partial charge in [0, 0.05) is 11.6 Å². The minimum atomic E-state index is -0.486. The number of carbonyl (C=O) groups is 1. The molecule has 0 bridgehead atoms. The Hall–Kier alpha value is -1.42. The molecule has 2 rings (SSSR count). The average Bonchev–Trinajstić information content (AvgIpc) is 2.76. The Kier molecular flexibility index (Phi) is 5.74. The summed E-state index contributed by atoms with van der Waals surface area (Å²) in [5.74, 6) is -0.354. The van der Waals surface area contributed by atoms with Gasteiger partial charge in [-0.1, -0.05) is 25.7 Å². The van der Waals surface area contributed by atoms with Gasteiger partial charge in [-0.3, -0.25) is 9.69 Å². The first-order chi connectivity index (χ1) is 10.1. The van der Waals surface area contributed by atoms with E-state index in [0.717, 1.165) is 12.8 Å². The fraction of sp³-hybridized carbons (Fsp3) is 0.588. The molecule has 1 aliphatic rings. The van der Waals surface area contributed by atoms with E-state index in [-0.39, 0.29) is 11.5 Å². The molecular weight excluding hydrogens is 269 g/mol. The van der Waals surface area contributed by atoms with Crippen LogP contribution in [-0.2, 0) is 0 Å². The highest BCUT2D eigenvalue weighted by molar-refractivity contribution is 5.97. The number of benzene rings is 1. The number of likely N-dealkylation sites (N-methyl/N-ethyl adjacent to an activating group) is 1. The topological polar surface area (TPSA) is 29.5 Å². The lowest BCUT2D eigenvalue weighted by atomic mass is 10.1. The van der Waals surface area contributed by atoms with Gasteiger partial charge in [-0.2, -0.15) is 0 Å². The standard InChI is InChI=1S/C17H24FNO2/c1-19(14-7-5-3-4-6-8-14)12-16(20)13-9-10-17(21-2)15(18)11-13/h9-11,14H,3-8,12H2,1-2H3. The Morgan fingerprint density at radius 3 is 2.52 bits per heavy atom. The number of rotatable bonds is 5. The lowest BCUT2D eigenvalue weighted by Gasteiger charge is -2.26. The van der Waals surface area contributed by atoms with E-state index in [1.165, 1.54) is 44.9 Å². The van der Waals surface area contributed by atoms with Crippen LogP contribution in [0.4, 0.5) is 4.39 Å². The molecule has 0 radical (unpaired) electrons. The first-order valence-electron chi connectivity index (χ1n) is 7.69. The van der Waals surface area contributed by atoms with Crippen molar-refractivity contribution in [2.75, 3.05) is 20.7 Å². The van der Waals surface area contributed by atoms with Crippen LogP contribution in [0, 0.1) is 5.82 Å². The normalized spacial score (nSPS) is 16.8. The van der Waals surface area contributed by atoms with Crippen molar-refractivity contribution in [2.24, 2.45) is 0 Å². The van der Waals surface area contributed by atoms with E-state index in [9.17, 15) is 9.18 Å². The molecule has 0 aromatic heterocycles. The van der Waals surface area contributed by atoms with Crippen molar-refractivity contribution in [3.63, 3.8) is 0 Å². The number of ketones is 1. The number of Topliss-reactive ketones (excluding diaryl/α,β-unsaturated/α-hetero) is 1. The molecule has 0 amide bonds. The third-order valence-corrected chi connectivity index (χ3v) is 4.31. The third-order valence-electron chi connectivity index (χ3n) is 4.31. The first kappa shape index (κ1) is 16.0. The highest BCUT2D eigenvalue weighted by atomic mass is 19.1. The fourth-order valence-electron chi connectivity index (χ4n) is 2.99. The van der Waals surface area contributed by atoms with Crippen molar-refractivity contribution in [1.29, 1.82) is 0 Å². The largest absolute Gasteiger partial charge is 0.494 e. The Labute approximate surface area is 126 Å². The van der Waals surface area contributed by atoms with Crippen LogP contribution in [0.25, 0.3) is 0 Å². The summed E-state index contributed by atoms with van der Waals surface area (Å²) < 4.78 is 18.5. The van der Waals surface area contributed by atoms with E-state index in [4.69, 9.17) is 4.74 Å². The summed E-state index contributed by atoms with van der Waals surface area (Å²) in [6.07, 6.45) is 7.37. The molecule has 0 aliphatic heterocycles. The second kappa shape index (κ2) is 7.55. The van der Waals surface area contributed by atoms with Gasteiger partial charge in [-0.05, 0) is 38.1 Å². The summed E-state index contributed by atoms with van der Waals surface area (Å²) in [5, 5.41) is 0. The van der Waals surface area contributed by atoms with E-state index in [1.54, 1.807) is 6.07 Å². The molecule has 116 valence electrons. The number of ether oxygens (including phenoxy) is 1. The second-order valence-corrected chi connectivity index (χ2v) is 5.83. The molecule has 0 N–H and O–H groups in total. The van der Waals surface area contributed by atoms with Crippen LogP contribution in [0.1, 0.15) is 48.9 Å². The van der Waals surface area contributed by atoms with Crippen LogP contribution in [0.5, 0.6) is 5.75 Å². The number of halogens is 1. The zero-order valence-corrected chi connectivity index (χ0v) is 12.9. The number of carbonyl (C=O) groups excluding carboxylic acids is 1. The molecule has 0 heterocycles. The molecule has 1 aliphatic carbocycles. The van der Waals surface area contributed by atoms with Gasteiger partial charge in [0.2, 0.25) is 0 Å². The van der Waals surface area contributed by atoms with E-state index in [0.29, 0.717) is 18.2 Å². The summed E-state index contributed by atoms with van der Waals surface area (Å²) in [7, 11) is 3.41.